The van der Waals surface area contributed by atoms with Crippen molar-refractivity contribution in [1.82, 2.24) is 0 Å². The minimum atomic E-state index is -0.0698. The Bertz CT molecular complexity index is 366. The molecule has 0 saturated carbocycles. The number of amides is 1. The summed E-state index contributed by atoms with van der Waals surface area (Å²) in [4.78, 5) is 11.8. The number of hydrogen-bond acceptors (Lipinski definition) is 3. The fourth-order valence-corrected chi connectivity index (χ4v) is 2.31. The van der Waals surface area contributed by atoms with Gasteiger partial charge in [0.2, 0.25) is 5.91 Å². The smallest absolute Gasteiger partial charge is 0.237 e. The molecule has 0 aliphatic heterocycles. The number of para-hydroxylation sites is 2. The van der Waals surface area contributed by atoms with Crippen LogP contribution in [-0.4, -0.2) is 16.4 Å². The number of benzene rings is 1. The zero-order valence-corrected chi connectivity index (χ0v) is 10.7. The summed E-state index contributed by atoms with van der Waals surface area (Å²) in [6.07, 6.45) is 0. The summed E-state index contributed by atoms with van der Waals surface area (Å²) in [7, 11) is 0. The van der Waals surface area contributed by atoms with Crippen molar-refractivity contribution in [3.05, 3.63) is 24.3 Å². The average Bonchev–Trinajstić information content (AvgIpc) is 2.20. The fraction of sp³-hybridized carbons (Fsp3) is 0.417. The molecule has 1 aromatic carbocycles. The number of rotatable bonds is 4. The first kappa shape index (κ1) is 12.9. The van der Waals surface area contributed by atoms with E-state index in [-0.39, 0.29) is 11.2 Å². The predicted molar refractivity (Wildman–Crippen MR) is 71.7 cm³/mol. The lowest BCUT2D eigenvalue weighted by Crippen LogP contribution is -2.24. The van der Waals surface area contributed by atoms with Gasteiger partial charge < -0.3 is 11.1 Å². The lowest BCUT2D eigenvalue weighted by Gasteiger charge is -2.14. The molecule has 4 heteroatoms. The molecule has 1 rings (SSSR count). The van der Waals surface area contributed by atoms with Crippen LogP contribution in [0.3, 0.4) is 0 Å². The van der Waals surface area contributed by atoms with Gasteiger partial charge in [0.05, 0.1) is 16.6 Å². The number of thioether (sulfide) groups is 1. The third-order valence-corrected chi connectivity index (χ3v) is 3.23. The normalized spacial score (nSPS) is 12.5. The molecule has 1 amide bonds. The highest BCUT2D eigenvalue weighted by atomic mass is 32.2. The maximum Gasteiger partial charge on any atom is 0.237 e. The monoisotopic (exact) mass is 238 g/mol. The second-order valence-corrected chi connectivity index (χ2v) is 5.83. The van der Waals surface area contributed by atoms with Gasteiger partial charge in [-0.1, -0.05) is 26.0 Å². The third-order valence-electron chi connectivity index (χ3n) is 2.06. The number of nitrogens with one attached hydrogen (secondary N) is 1. The van der Waals surface area contributed by atoms with Crippen LogP contribution in [-0.2, 0) is 4.79 Å². The molecule has 3 nitrogen and oxygen atoms in total. The SMILES string of the molecule is CC(C)SC(C)C(=O)Nc1ccccc1N. The van der Waals surface area contributed by atoms with Gasteiger partial charge in [-0.05, 0) is 24.3 Å². The summed E-state index contributed by atoms with van der Waals surface area (Å²) >= 11 is 1.63. The molecule has 0 aliphatic carbocycles. The number of carbonyl (C=O) groups excluding carboxylic acids is 1. The number of hydrogen-bond donors (Lipinski definition) is 2. The van der Waals surface area contributed by atoms with Crippen molar-refractivity contribution in [2.24, 2.45) is 0 Å². The topological polar surface area (TPSA) is 55.1 Å². The van der Waals surface area contributed by atoms with Crippen molar-refractivity contribution in [3.63, 3.8) is 0 Å². The molecule has 0 radical (unpaired) electrons. The summed E-state index contributed by atoms with van der Waals surface area (Å²) in [6, 6.07) is 7.28. The molecule has 0 fully saturated rings. The Kier molecular flexibility index (Phi) is 4.68. The highest BCUT2D eigenvalue weighted by Crippen LogP contribution is 2.21. The summed E-state index contributed by atoms with van der Waals surface area (Å²) < 4.78 is 0. The Morgan fingerprint density at radius 1 is 1.31 bits per heavy atom. The summed E-state index contributed by atoms with van der Waals surface area (Å²) in [5.41, 5.74) is 7.03. The van der Waals surface area contributed by atoms with E-state index in [1.54, 1.807) is 23.9 Å². The van der Waals surface area contributed by atoms with Crippen LogP contribution in [0.5, 0.6) is 0 Å². The van der Waals surface area contributed by atoms with E-state index in [0.717, 1.165) is 0 Å². The van der Waals surface area contributed by atoms with E-state index < -0.39 is 0 Å². The lowest BCUT2D eigenvalue weighted by atomic mass is 10.2. The lowest BCUT2D eigenvalue weighted by molar-refractivity contribution is -0.115. The van der Waals surface area contributed by atoms with Crippen molar-refractivity contribution in [2.75, 3.05) is 11.1 Å². The van der Waals surface area contributed by atoms with Crippen molar-refractivity contribution in [1.29, 1.82) is 0 Å². The van der Waals surface area contributed by atoms with Crippen molar-refractivity contribution in [3.8, 4) is 0 Å². The second kappa shape index (κ2) is 5.80. The van der Waals surface area contributed by atoms with E-state index in [4.69, 9.17) is 5.73 Å². The first-order valence-electron chi connectivity index (χ1n) is 5.31. The number of carbonyl (C=O) groups is 1. The van der Waals surface area contributed by atoms with Crippen molar-refractivity contribution in [2.45, 2.75) is 31.3 Å². The van der Waals surface area contributed by atoms with Gasteiger partial charge in [0, 0.05) is 0 Å². The fourth-order valence-electron chi connectivity index (χ4n) is 1.32. The van der Waals surface area contributed by atoms with Crippen LogP contribution in [0, 0.1) is 0 Å². The zero-order valence-electron chi connectivity index (χ0n) is 9.86. The van der Waals surface area contributed by atoms with Crippen molar-refractivity contribution < 1.29 is 4.79 Å². The standard InChI is InChI=1S/C12H18N2OS/c1-8(2)16-9(3)12(15)14-11-7-5-4-6-10(11)13/h4-9H,13H2,1-3H3,(H,14,15). The number of anilines is 2. The Balaban J connectivity index is 2.61. The largest absolute Gasteiger partial charge is 0.397 e. The molecular weight excluding hydrogens is 220 g/mol. The highest BCUT2D eigenvalue weighted by molar-refractivity contribution is 8.01. The molecule has 88 valence electrons. The molecule has 1 unspecified atom stereocenters. The quantitative estimate of drug-likeness (QED) is 0.793. The van der Waals surface area contributed by atoms with E-state index in [0.29, 0.717) is 16.6 Å². The van der Waals surface area contributed by atoms with Crippen LogP contribution in [0.25, 0.3) is 0 Å². The van der Waals surface area contributed by atoms with Gasteiger partial charge in [-0.15, -0.1) is 11.8 Å². The zero-order chi connectivity index (χ0) is 12.1. The van der Waals surface area contributed by atoms with Gasteiger partial charge in [0.1, 0.15) is 0 Å². The molecule has 16 heavy (non-hydrogen) atoms. The van der Waals surface area contributed by atoms with Crippen LogP contribution in [0.1, 0.15) is 20.8 Å². The number of nitrogen functional groups attached to an aromatic ring is 1. The van der Waals surface area contributed by atoms with Crippen LogP contribution in [0.4, 0.5) is 11.4 Å². The van der Waals surface area contributed by atoms with Crippen LogP contribution in [0.15, 0.2) is 24.3 Å². The Hall–Kier alpha value is -1.16. The minimum Gasteiger partial charge on any atom is -0.397 e. The molecule has 0 aliphatic rings. The average molecular weight is 238 g/mol. The van der Waals surface area contributed by atoms with Gasteiger partial charge in [-0.25, -0.2) is 0 Å². The van der Waals surface area contributed by atoms with Gasteiger partial charge in [0.15, 0.2) is 0 Å². The van der Waals surface area contributed by atoms with E-state index >= 15 is 0 Å². The third kappa shape index (κ3) is 3.77. The molecule has 0 bridgehead atoms. The Morgan fingerprint density at radius 3 is 2.50 bits per heavy atom. The van der Waals surface area contributed by atoms with Gasteiger partial charge in [-0.3, -0.25) is 4.79 Å². The summed E-state index contributed by atoms with van der Waals surface area (Å²) in [5.74, 6) is -0.00315. The molecule has 0 aromatic heterocycles. The van der Waals surface area contributed by atoms with Crippen LogP contribution in [0.2, 0.25) is 0 Å². The predicted octanol–water partition coefficient (Wildman–Crippen LogP) is 2.74. The van der Waals surface area contributed by atoms with E-state index in [1.165, 1.54) is 0 Å². The molecule has 0 saturated heterocycles. The van der Waals surface area contributed by atoms with Crippen LogP contribution < -0.4 is 11.1 Å². The van der Waals surface area contributed by atoms with Crippen molar-refractivity contribution >= 4 is 29.0 Å². The first-order valence-corrected chi connectivity index (χ1v) is 6.26. The van der Waals surface area contributed by atoms with E-state index in [2.05, 4.69) is 19.2 Å². The van der Waals surface area contributed by atoms with Gasteiger partial charge in [-0.2, -0.15) is 0 Å². The maximum absolute atomic E-state index is 11.8. The molecule has 3 N–H and O–H groups in total. The Morgan fingerprint density at radius 2 is 1.94 bits per heavy atom. The number of nitrogens with two attached hydrogens (primary N) is 1. The Labute approximate surface area is 101 Å². The first-order chi connectivity index (χ1) is 7.50. The molecule has 1 atom stereocenters. The molecular formula is C12H18N2OS. The van der Waals surface area contributed by atoms with E-state index in [9.17, 15) is 4.79 Å². The minimum absolute atomic E-state index is 0.00315. The summed E-state index contributed by atoms with van der Waals surface area (Å²) in [6.45, 7) is 6.05. The molecule has 0 heterocycles. The van der Waals surface area contributed by atoms with Crippen LogP contribution >= 0.6 is 11.8 Å². The van der Waals surface area contributed by atoms with Gasteiger partial charge >= 0.3 is 0 Å². The summed E-state index contributed by atoms with van der Waals surface area (Å²) in [5, 5.41) is 3.20. The van der Waals surface area contributed by atoms with Gasteiger partial charge in [0.25, 0.3) is 0 Å². The molecule has 1 aromatic rings. The molecule has 0 spiro atoms. The van der Waals surface area contributed by atoms with E-state index in [1.807, 2.05) is 19.1 Å². The maximum atomic E-state index is 11.8. The highest BCUT2D eigenvalue weighted by Gasteiger charge is 2.15. The second-order valence-electron chi connectivity index (χ2n) is 3.90.